The molecule has 0 saturated heterocycles. The summed E-state index contributed by atoms with van der Waals surface area (Å²) >= 11 is 0. The highest BCUT2D eigenvalue weighted by molar-refractivity contribution is 7.89. The number of hydrogen-bond donors (Lipinski definition) is 1. The average Bonchev–Trinajstić information content (AvgIpc) is 3.42. The molecule has 268 valence electrons. The van der Waals surface area contributed by atoms with E-state index < -0.39 is 45.4 Å². The molecule has 4 aromatic rings. The van der Waals surface area contributed by atoms with Crippen LogP contribution in [0, 0.1) is 22.7 Å². The highest BCUT2D eigenvalue weighted by Gasteiger charge is 2.38. The molecule has 0 aliphatic heterocycles. The van der Waals surface area contributed by atoms with E-state index in [0.29, 0.717) is 11.8 Å². The molecule has 12 heteroatoms. The Bertz CT molecular complexity index is 2120. The summed E-state index contributed by atoms with van der Waals surface area (Å²) in [4.78, 5) is 0.0141. The second-order valence-electron chi connectivity index (χ2n) is 13.9. The van der Waals surface area contributed by atoms with Gasteiger partial charge in [-0.3, -0.25) is 0 Å². The first-order valence-corrected chi connectivity index (χ1v) is 18.2. The lowest BCUT2D eigenvalue weighted by Crippen LogP contribution is -2.24. The number of nitrogens with one attached hydrogen (secondary N) is 1. The zero-order chi connectivity index (χ0) is 37.3. The number of fused-ring (bicyclic) bond motifs is 1. The molecule has 2 unspecified atom stereocenters. The van der Waals surface area contributed by atoms with E-state index in [0.717, 1.165) is 30.5 Å². The predicted molar refractivity (Wildman–Crippen MR) is 186 cm³/mol. The summed E-state index contributed by atoms with van der Waals surface area (Å²) in [5, 5.41) is 21.1. The molecular weight excluding hydrogens is 686 g/mol. The van der Waals surface area contributed by atoms with E-state index in [1.54, 1.807) is 12.1 Å². The van der Waals surface area contributed by atoms with Gasteiger partial charge in [0.1, 0.15) is 36.0 Å². The SMILES string of the molecule is CCCCCNS(=O)(=O)c1ccc(Oc2cc(C(C)(C)C)cc3cc(C#N)c(C#N)c(-c4cc(C5CC(F)C(F)C5)cc(C(F)(F)F)c4)c23)cc1. The van der Waals surface area contributed by atoms with Crippen LogP contribution in [0.25, 0.3) is 21.9 Å². The zero-order valence-electron chi connectivity index (χ0n) is 28.7. The lowest BCUT2D eigenvalue weighted by Gasteiger charge is -2.24. The van der Waals surface area contributed by atoms with E-state index >= 15 is 0 Å². The van der Waals surface area contributed by atoms with Crippen molar-refractivity contribution in [3.05, 3.63) is 88.5 Å². The van der Waals surface area contributed by atoms with Crippen LogP contribution in [-0.2, 0) is 21.6 Å². The fourth-order valence-corrected chi connectivity index (χ4v) is 7.47. The quantitative estimate of drug-likeness (QED) is 0.130. The molecule has 6 nitrogen and oxygen atoms in total. The molecular formula is C39H38F5N3O3S. The van der Waals surface area contributed by atoms with Crippen molar-refractivity contribution in [2.45, 2.75) is 94.5 Å². The van der Waals surface area contributed by atoms with Gasteiger partial charge in [0.25, 0.3) is 0 Å². The van der Waals surface area contributed by atoms with Gasteiger partial charge >= 0.3 is 6.18 Å². The lowest BCUT2D eigenvalue weighted by molar-refractivity contribution is -0.137. The van der Waals surface area contributed by atoms with E-state index in [9.17, 15) is 40.9 Å². The van der Waals surface area contributed by atoms with E-state index in [1.807, 2.05) is 39.8 Å². The standard InChI is InChI=1S/C39H38F5N3O3S/c1-5-6-7-12-47-51(48,49)31-10-8-30(9-11-31)50-35-20-28(38(2,3)4)16-26-14-27(21-45)32(22-46)36(37(26)35)25-13-23(15-29(17-25)39(42,43)44)24-18-33(40)34(41)19-24/h8-11,13-17,20,24,33-34,47H,5-7,12,18-19H2,1-4H3. The lowest BCUT2D eigenvalue weighted by atomic mass is 9.82. The smallest absolute Gasteiger partial charge is 0.416 e. The van der Waals surface area contributed by atoms with Crippen molar-refractivity contribution < 1.29 is 35.1 Å². The van der Waals surface area contributed by atoms with E-state index in [1.165, 1.54) is 36.4 Å². The molecule has 0 heterocycles. The van der Waals surface area contributed by atoms with Crippen molar-refractivity contribution in [3.63, 3.8) is 0 Å². The Labute approximate surface area is 294 Å². The van der Waals surface area contributed by atoms with Crippen LogP contribution in [0.3, 0.4) is 0 Å². The minimum atomic E-state index is -4.84. The number of sulfonamides is 1. The van der Waals surface area contributed by atoms with Gasteiger partial charge in [-0.15, -0.1) is 0 Å². The summed E-state index contributed by atoms with van der Waals surface area (Å²) in [7, 11) is -3.80. The van der Waals surface area contributed by atoms with Gasteiger partial charge in [-0.05, 0) is 101 Å². The number of benzene rings is 4. The molecule has 1 aliphatic rings. The van der Waals surface area contributed by atoms with Crippen LogP contribution >= 0.6 is 0 Å². The van der Waals surface area contributed by atoms with Crippen LogP contribution in [-0.4, -0.2) is 27.3 Å². The van der Waals surface area contributed by atoms with Gasteiger partial charge in [0.15, 0.2) is 0 Å². The van der Waals surface area contributed by atoms with Gasteiger partial charge < -0.3 is 4.74 Å². The first-order chi connectivity index (χ1) is 24.0. The number of nitrogens with zero attached hydrogens (tertiary/aromatic N) is 2. The third kappa shape index (κ3) is 8.19. The molecule has 4 aromatic carbocycles. The maximum Gasteiger partial charge on any atom is 0.416 e. The number of rotatable bonds is 10. The monoisotopic (exact) mass is 723 g/mol. The van der Waals surface area contributed by atoms with E-state index in [-0.39, 0.29) is 69.0 Å². The molecule has 0 spiro atoms. The Morgan fingerprint density at radius 1 is 0.882 bits per heavy atom. The minimum absolute atomic E-state index is 0.00331. The predicted octanol–water partition coefficient (Wildman–Crippen LogP) is 10.4. The third-order valence-electron chi connectivity index (χ3n) is 9.19. The van der Waals surface area contributed by atoms with Crippen LogP contribution in [0.15, 0.2) is 65.6 Å². The molecule has 51 heavy (non-hydrogen) atoms. The number of nitriles is 2. The number of halogens is 5. The summed E-state index contributed by atoms with van der Waals surface area (Å²) in [6.45, 7) is 8.13. The van der Waals surface area contributed by atoms with Crippen molar-refractivity contribution in [1.82, 2.24) is 4.72 Å². The maximum atomic E-state index is 14.4. The Morgan fingerprint density at radius 2 is 1.55 bits per heavy atom. The summed E-state index contributed by atoms with van der Waals surface area (Å²) < 4.78 is 106. The van der Waals surface area contributed by atoms with Crippen molar-refractivity contribution in [2.24, 2.45) is 0 Å². The highest BCUT2D eigenvalue weighted by atomic mass is 32.2. The number of alkyl halides is 5. The largest absolute Gasteiger partial charge is 0.457 e. The van der Waals surface area contributed by atoms with Crippen LogP contribution in [0.1, 0.15) is 93.5 Å². The third-order valence-corrected chi connectivity index (χ3v) is 10.7. The van der Waals surface area contributed by atoms with Crippen LogP contribution in [0.5, 0.6) is 11.5 Å². The topological polar surface area (TPSA) is 103 Å². The first kappa shape index (κ1) is 37.7. The van der Waals surface area contributed by atoms with Crippen molar-refractivity contribution >= 4 is 20.8 Å². The fraction of sp³-hybridized carbons (Fsp3) is 0.385. The Hall–Kier alpha value is -4.52. The van der Waals surface area contributed by atoms with Crippen LogP contribution < -0.4 is 9.46 Å². The maximum absolute atomic E-state index is 14.4. The van der Waals surface area contributed by atoms with Gasteiger partial charge in [0, 0.05) is 17.5 Å². The molecule has 0 amide bonds. The number of hydrogen-bond acceptors (Lipinski definition) is 5. The zero-order valence-corrected chi connectivity index (χ0v) is 29.5. The summed E-state index contributed by atoms with van der Waals surface area (Å²) in [6, 6.07) is 17.7. The number of ether oxygens (including phenoxy) is 1. The molecule has 0 aromatic heterocycles. The van der Waals surface area contributed by atoms with Gasteiger partial charge in [0.05, 0.1) is 21.6 Å². The van der Waals surface area contributed by atoms with Crippen molar-refractivity contribution in [3.8, 4) is 34.8 Å². The minimum Gasteiger partial charge on any atom is -0.457 e. The van der Waals surface area contributed by atoms with Crippen LogP contribution in [0.4, 0.5) is 22.0 Å². The molecule has 0 radical (unpaired) electrons. The molecule has 1 N–H and O–H groups in total. The van der Waals surface area contributed by atoms with E-state index in [2.05, 4.69) is 4.72 Å². The summed E-state index contributed by atoms with van der Waals surface area (Å²) in [6.07, 6.45) is -6.57. The summed E-state index contributed by atoms with van der Waals surface area (Å²) in [5.74, 6) is -0.486. The molecule has 5 rings (SSSR count). The molecule has 0 bridgehead atoms. The fourth-order valence-electron chi connectivity index (χ4n) is 6.39. The molecule has 1 aliphatic carbocycles. The van der Waals surface area contributed by atoms with Gasteiger partial charge in [0.2, 0.25) is 10.0 Å². The Balaban J connectivity index is 1.74. The Morgan fingerprint density at radius 3 is 2.12 bits per heavy atom. The van der Waals surface area contributed by atoms with Gasteiger partial charge in [-0.1, -0.05) is 52.7 Å². The number of unbranched alkanes of at least 4 members (excludes halogenated alkanes) is 2. The van der Waals surface area contributed by atoms with E-state index in [4.69, 9.17) is 4.74 Å². The molecule has 2 atom stereocenters. The van der Waals surface area contributed by atoms with Crippen molar-refractivity contribution in [1.29, 1.82) is 10.5 Å². The second-order valence-corrected chi connectivity index (χ2v) is 15.7. The molecule has 1 saturated carbocycles. The highest BCUT2D eigenvalue weighted by Crippen LogP contribution is 2.47. The Kier molecular flexibility index (Phi) is 10.8. The van der Waals surface area contributed by atoms with Crippen molar-refractivity contribution in [2.75, 3.05) is 6.54 Å². The first-order valence-electron chi connectivity index (χ1n) is 16.7. The second kappa shape index (κ2) is 14.6. The van der Waals surface area contributed by atoms with Crippen LogP contribution in [0.2, 0.25) is 0 Å². The van der Waals surface area contributed by atoms with Gasteiger partial charge in [-0.25, -0.2) is 21.9 Å². The normalized spacial score (nSPS) is 18.1. The summed E-state index contributed by atoms with van der Waals surface area (Å²) in [5.41, 5.74) is -1.07. The average molecular weight is 724 g/mol. The van der Waals surface area contributed by atoms with Gasteiger partial charge in [-0.2, -0.15) is 23.7 Å². The molecule has 1 fully saturated rings.